The predicted octanol–water partition coefficient (Wildman–Crippen LogP) is 3.73. The number of carbonyl (C=O) groups excluding carboxylic acids is 1. The fourth-order valence-electron chi connectivity index (χ4n) is 3.02. The second-order valence-corrected chi connectivity index (χ2v) is 7.81. The number of aryl methyl sites for hydroxylation is 1. The molecule has 0 saturated heterocycles. The Hall–Kier alpha value is -3.53. The molecule has 7 nitrogen and oxygen atoms in total. The summed E-state index contributed by atoms with van der Waals surface area (Å²) in [4.78, 5) is 31.7. The SMILES string of the molecule is Cc1cccc(-n2ncc3c(=O)[nH]c(SCC(=O)Nc4ccc(F)cc4F)nc32)c1C. The number of carbonyl (C=O) groups is 1. The number of hydrogen-bond acceptors (Lipinski definition) is 5. The Kier molecular flexibility index (Phi) is 5.55. The standard InChI is InChI=1S/C21H17F2N5O2S/c1-11-4-3-5-17(12(11)2)28-19-14(9-24-28)20(30)27-21(26-19)31-10-18(29)25-16-7-6-13(22)8-15(16)23/h3-9H,10H2,1-2H3,(H,25,29)(H,26,27,30). The molecule has 0 radical (unpaired) electrons. The summed E-state index contributed by atoms with van der Waals surface area (Å²) in [6.45, 7) is 3.94. The third-order valence-electron chi connectivity index (χ3n) is 4.77. The minimum Gasteiger partial charge on any atom is -0.323 e. The highest BCUT2D eigenvalue weighted by atomic mass is 32.2. The van der Waals surface area contributed by atoms with Crippen molar-refractivity contribution < 1.29 is 13.6 Å². The topological polar surface area (TPSA) is 92.7 Å². The van der Waals surface area contributed by atoms with E-state index in [0.717, 1.165) is 40.7 Å². The first-order valence-electron chi connectivity index (χ1n) is 9.26. The van der Waals surface area contributed by atoms with E-state index in [2.05, 4.69) is 20.4 Å². The van der Waals surface area contributed by atoms with Gasteiger partial charge in [0.25, 0.3) is 5.56 Å². The van der Waals surface area contributed by atoms with E-state index in [0.29, 0.717) is 17.1 Å². The highest BCUT2D eigenvalue weighted by Gasteiger charge is 2.15. The number of halogens is 2. The van der Waals surface area contributed by atoms with Gasteiger partial charge in [-0.1, -0.05) is 23.9 Å². The number of hydrogen-bond donors (Lipinski definition) is 2. The van der Waals surface area contributed by atoms with Gasteiger partial charge >= 0.3 is 0 Å². The smallest absolute Gasteiger partial charge is 0.262 e. The van der Waals surface area contributed by atoms with Gasteiger partial charge in [0.2, 0.25) is 5.91 Å². The molecule has 0 aliphatic heterocycles. The van der Waals surface area contributed by atoms with Crippen LogP contribution in [-0.2, 0) is 4.79 Å². The minimum atomic E-state index is -0.872. The number of nitrogens with zero attached hydrogens (tertiary/aromatic N) is 3. The third-order valence-corrected chi connectivity index (χ3v) is 5.64. The number of rotatable bonds is 5. The van der Waals surface area contributed by atoms with Crippen molar-refractivity contribution in [3.8, 4) is 5.69 Å². The van der Waals surface area contributed by atoms with E-state index < -0.39 is 17.5 Å². The van der Waals surface area contributed by atoms with E-state index in [4.69, 9.17) is 0 Å². The van der Waals surface area contributed by atoms with Crippen LogP contribution >= 0.6 is 11.8 Å². The zero-order valence-corrected chi connectivity index (χ0v) is 17.4. The van der Waals surface area contributed by atoms with E-state index in [1.165, 1.54) is 6.20 Å². The molecule has 158 valence electrons. The Morgan fingerprint density at radius 2 is 2.03 bits per heavy atom. The summed E-state index contributed by atoms with van der Waals surface area (Å²) in [5, 5.41) is 7.22. The molecule has 0 unspecified atom stereocenters. The van der Waals surface area contributed by atoms with Gasteiger partial charge in [0.15, 0.2) is 10.8 Å². The van der Waals surface area contributed by atoms with Crippen LogP contribution in [0.3, 0.4) is 0 Å². The molecule has 2 aromatic heterocycles. The zero-order chi connectivity index (χ0) is 22.1. The van der Waals surface area contributed by atoms with Crippen LogP contribution < -0.4 is 10.9 Å². The lowest BCUT2D eigenvalue weighted by molar-refractivity contribution is -0.113. The molecule has 0 saturated carbocycles. The fourth-order valence-corrected chi connectivity index (χ4v) is 3.67. The molecule has 0 aliphatic carbocycles. The van der Waals surface area contributed by atoms with Gasteiger partial charge in [-0.05, 0) is 43.2 Å². The molecule has 0 atom stereocenters. The Labute approximate surface area is 179 Å². The number of amides is 1. The van der Waals surface area contributed by atoms with E-state index in [9.17, 15) is 18.4 Å². The second kappa shape index (κ2) is 8.31. The highest BCUT2D eigenvalue weighted by molar-refractivity contribution is 7.99. The predicted molar refractivity (Wildman–Crippen MR) is 115 cm³/mol. The molecule has 4 aromatic rings. The van der Waals surface area contributed by atoms with Crippen LogP contribution in [0.2, 0.25) is 0 Å². The average molecular weight is 441 g/mol. The van der Waals surface area contributed by atoms with Crippen molar-refractivity contribution in [2.75, 3.05) is 11.1 Å². The van der Waals surface area contributed by atoms with Gasteiger partial charge in [-0.3, -0.25) is 9.59 Å². The number of aromatic amines is 1. The molecule has 31 heavy (non-hydrogen) atoms. The number of anilines is 1. The van der Waals surface area contributed by atoms with Gasteiger partial charge in [0, 0.05) is 6.07 Å². The number of benzene rings is 2. The van der Waals surface area contributed by atoms with Crippen molar-refractivity contribution in [1.29, 1.82) is 0 Å². The molecule has 0 bridgehead atoms. The molecule has 2 N–H and O–H groups in total. The van der Waals surface area contributed by atoms with Crippen LogP contribution in [0.15, 0.2) is 52.5 Å². The Balaban J connectivity index is 1.58. The van der Waals surface area contributed by atoms with Gasteiger partial charge in [-0.2, -0.15) is 5.10 Å². The Morgan fingerprint density at radius 1 is 1.23 bits per heavy atom. The van der Waals surface area contributed by atoms with E-state index in [-0.39, 0.29) is 22.2 Å². The summed E-state index contributed by atoms with van der Waals surface area (Å²) < 4.78 is 28.3. The average Bonchev–Trinajstić information content (AvgIpc) is 3.15. The van der Waals surface area contributed by atoms with Gasteiger partial charge in [0.1, 0.15) is 17.0 Å². The van der Waals surface area contributed by atoms with Gasteiger partial charge in [-0.15, -0.1) is 0 Å². The van der Waals surface area contributed by atoms with Crippen LogP contribution in [-0.4, -0.2) is 31.4 Å². The van der Waals surface area contributed by atoms with Crippen molar-refractivity contribution in [3.05, 3.63) is 75.7 Å². The van der Waals surface area contributed by atoms with Gasteiger partial charge in [-0.25, -0.2) is 18.4 Å². The van der Waals surface area contributed by atoms with Crippen molar-refractivity contribution in [3.63, 3.8) is 0 Å². The Bertz CT molecular complexity index is 1370. The minimum absolute atomic E-state index is 0.128. The first-order valence-corrected chi connectivity index (χ1v) is 10.2. The fraction of sp³-hybridized carbons (Fsp3) is 0.143. The van der Waals surface area contributed by atoms with Crippen molar-refractivity contribution in [2.24, 2.45) is 0 Å². The van der Waals surface area contributed by atoms with Crippen LogP contribution in [0.5, 0.6) is 0 Å². The monoisotopic (exact) mass is 441 g/mol. The van der Waals surface area contributed by atoms with Crippen LogP contribution in [0, 0.1) is 25.5 Å². The summed E-state index contributed by atoms with van der Waals surface area (Å²) in [7, 11) is 0. The highest BCUT2D eigenvalue weighted by Crippen LogP contribution is 2.22. The number of aromatic nitrogens is 4. The molecule has 4 rings (SSSR count). The first kappa shape index (κ1) is 20.7. The second-order valence-electron chi connectivity index (χ2n) is 6.84. The molecular formula is C21H17F2N5O2S. The lowest BCUT2D eigenvalue weighted by atomic mass is 10.1. The first-order chi connectivity index (χ1) is 14.8. The molecule has 2 aromatic carbocycles. The maximum atomic E-state index is 13.7. The number of thioether (sulfide) groups is 1. The number of H-pyrrole nitrogens is 1. The molecule has 0 aliphatic rings. The quantitative estimate of drug-likeness (QED) is 0.364. The summed E-state index contributed by atoms with van der Waals surface area (Å²) in [5.41, 5.74) is 2.74. The third kappa shape index (κ3) is 4.19. The lowest BCUT2D eigenvalue weighted by Gasteiger charge is -2.09. The molecule has 10 heteroatoms. The summed E-state index contributed by atoms with van der Waals surface area (Å²) in [5.74, 6) is -2.27. The van der Waals surface area contributed by atoms with E-state index >= 15 is 0 Å². The lowest BCUT2D eigenvalue weighted by Crippen LogP contribution is -2.16. The van der Waals surface area contributed by atoms with Gasteiger partial charge in [0.05, 0.1) is 23.3 Å². The molecule has 1 amide bonds. The number of nitrogens with one attached hydrogen (secondary N) is 2. The zero-order valence-electron chi connectivity index (χ0n) is 16.6. The molecule has 0 spiro atoms. The van der Waals surface area contributed by atoms with Crippen LogP contribution in [0.1, 0.15) is 11.1 Å². The Morgan fingerprint density at radius 3 is 2.81 bits per heavy atom. The normalized spacial score (nSPS) is 11.1. The molecular weight excluding hydrogens is 424 g/mol. The van der Waals surface area contributed by atoms with Crippen molar-refractivity contribution >= 4 is 34.4 Å². The van der Waals surface area contributed by atoms with Crippen molar-refractivity contribution in [2.45, 2.75) is 19.0 Å². The maximum Gasteiger partial charge on any atom is 0.262 e. The van der Waals surface area contributed by atoms with E-state index in [1.807, 2.05) is 32.0 Å². The summed E-state index contributed by atoms with van der Waals surface area (Å²) in [6.07, 6.45) is 1.45. The maximum absolute atomic E-state index is 13.7. The molecule has 2 heterocycles. The summed E-state index contributed by atoms with van der Waals surface area (Å²) >= 11 is 0.984. The van der Waals surface area contributed by atoms with Gasteiger partial charge < -0.3 is 10.3 Å². The van der Waals surface area contributed by atoms with Crippen LogP contribution in [0.4, 0.5) is 14.5 Å². The largest absolute Gasteiger partial charge is 0.323 e. The van der Waals surface area contributed by atoms with E-state index in [1.54, 1.807) is 4.68 Å². The van der Waals surface area contributed by atoms with Crippen molar-refractivity contribution in [1.82, 2.24) is 19.7 Å². The van der Waals surface area contributed by atoms with Crippen LogP contribution in [0.25, 0.3) is 16.7 Å². The number of fused-ring (bicyclic) bond motifs is 1. The summed E-state index contributed by atoms with van der Waals surface area (Å²) in [6, 6.07) is 8.64. The molecule has 0 fully saturated rings.